The zero-order valence-corrected chi connectivity index (χ0v) is 9.01. The van der Waals surface area contributed by atoms with Crippen molar-refractivity contribution in [1.82, 2.24) is 0 Å². The molecule has 0 bridgehead atoms. The Morgan fingerprint density at radius 1 is 1.22 bits per heavy atom. The quantitative estimate of drug-likeness (QED) is 0.439. The third-order valence-corrected chi connectivity index (χ3v) is 2.14. The number of rotatable bonds is 4. The van der Waals surface area contributed by atoms with Crippen LogP contribution in [0.4, 0.5) is 0 Å². The highest BCUT2D eigenvalue weighted by atomic mass is 127. The van der Waals surface area contributed by atoms with Gasteiger partial charge in [0.2, 0.25) is 0 Å². The minimum atomic E-state index is 0.0609. The van der Waals surface area contributed by atoms with Crippen LogP contribution in [0.2, 0.25) is 0 Å². The van der Waals surface area contributed by atoms with Crippen LogP contribution in [0.1, 0.15) is 12.8 Å². The van der Waals surface area contributed by atoms with Gasteiger partial charge in [0, 0.05) is 12.8 Å². The maximum atomic E-state index is 10.6. The zero-order valence-electron chi connectivity index (χ0n) is 4.69. The monoisotopic (exact) mass is 352 g/mol. The van der Waals surface area contributed by atoms with Gasteiger partial charge in [0.15, 0.2) is 3.79 Å². The first kappa shape index (κ1) is 9.80. The van der Waals surface area contributed by atoms with Gasteiger partial charge in [-0.05, 0) is 22.6 Å². The Labute approximate surface area is 81.0 Å². The van der Waals surface area contributed by atoms with Gasteiger partial charge in [-0.25, -0.2) is 0 Å². The van der Waals surface area contributed by atoms with Crippen LogP contribution >= 0.6 is 45.2 Å². The van der Waals surface area contributed by atoms with E-state index in [0.717, 1.165) is 0 Å². The highest BCUT2D eigenvalue weighted by molar-refractivity contribution is 14.1. The zero-order chi connectivity index (χ0) is 7.28. The van der Waals surface area contributed by atoms with Gasteiger partial charge in [-0.3, -0.25) is 9.59 Å². The van der Waals surface area contributed by atoms with E-state index in [9.17, 15) is 9.59 Å². The Morgan fingerprint density at radius 3 is 2.11 bits per heavy atom. The number of ketones is 1. The van der Waals surface area contributed by atoms with Gasteiger partial charge in [-0.15, -0.1) is 0 Å². The van der Waals surface area contributed by atoms with Crippen molar-refractivity contribution in [3.05, 3.63) is 0 Å². The molecule has 0 saturated carbocycles. The minimum Gasteiger partial charge on any atom is -0.299 e. The molecular formula is C5H6I2O2. The van der Waals surface area contributed by atoms with Crippen molar-refractivity contribution in [2.45, 2.75) is 12.8 Å². The Bertz CT molecular complexity index is 122. The number of carbonyl (C=O) groups excluding carboxylic acids is 2. The number of hydrogen-bond donors (Lipinski definition) is 0. The summed E-state index contributed by atoms with van der Waals surface area (Å²) in [7, 11) is 0. The van der Waals surface area contributed by atoms with Crippen LogP contribution in [0.25, 0.3) is 0 Å². The van der Waals surface area contributed by atoms with Gasteiger partial charge in [0.1, 0.15) is 5.78 Å². The summed E-state index contributed by atoms with van der Waals surface area (Å²) in [6.07, 6.45) is 0.799. The van der Waals surface area contributed by atoms with Gasteiger partial charge in [-0.1, -0.05) is 22.6 Å². The third-order valence-electron chi connectivity index (χ3n) is 0.749. The molecule has 0 atom stereocenters. The van der Waals surface area contributed by atoms with Crippen LogP contribution < -0.4 is 0 Å². The highest BCUT2D eigenvalue weighted by Gasteiger charge is 2.01. The van der Waals surface area contributed by atoms with E-state index in [1.54, 1.807) is 22.6 Å². The van der Waals surface area contributed by atoms with E-state index in [1.807, 2.05) is 22.6 Å². The average molecular weight is 352 g/mol. The number of carbonyl (C=O) groups is 2. The summed E-state index contributed by atoms with van der Waals surface area (Å²) in [6.45, 7) is 0. The predicted molar refractivity (Wildman–Crippen MR) is 52.2 cm³/mol. The molecule has 52 valence electrons. The lowest BCUT2D eigenvalue weighted by molar-refractivity contribution is -0.118. The molecule has 0 unspecified atom stereocenters. The van der Waals surface area contributed by atoms with Crippen molar-refractivity contribution in [3.8, 4) is 0 Å². The molecule has 0 aliphatic carbocycles. The molecule has 0 aromatic rings. The molecule has 0 aliphatic rings. The lowest BCUT2D eigenvalue weighted by atomic mass is 10.2. The van der Waals surface area contributed by atoms with Crippen LogP contribution in [0, 0.1) is 0 Å². The lowest BCUT2D eigenvalue weighted by Crippen LogP contribution is -1.99. The molecule has 0 spiro atoms. The largest absolute Gasteiger partial charge is 0.299 e. The van der Waals surface area contributed by atoms with E-state index in [0.29, 0.717) is 17.3 Å². The van der Waals surface area contributed by atoms with Gasteiger partial charge in [0.25, 0.3) is 0 Å². The highest BCUT2D eigenvalue weighted by Crippen LogP contribution is 1.99. The fourth-order valence-corrected chi connectivity index (χ4v) is 0.956. The second kappa shape index (κ2) is 5.57. The second-order valence-electron chi connectivity index (χ2n) is 1.53. The third kappa shape index (κ3) is 6.69. The molecule has 0 saturated heterocycles. The van der Waals surface area contributed by atoms with Crippen molar-refractivity contribution in [3.63, 3.8) is 0 Å². The Hall–Kier alpha value is 0.800. The van der Waals surface area contributed by atoms with E-state index >= 15 is 0 Å². The van der Waals surface area contributed by atoms with Crippen molar-refractivity contribution < 1.29 is 9.59 Å². The normalized spacial score (nSPS) is 9.11. The summed E-state index contributed by atoms with van der Waals surface area (Å²) in [5.74, 6) is 0.153. The summed E-state index contributed by atoms with van der Waals surface area (Å²) in [5.41, 5.74) is 0. The molecule has 0 radical (unpaired) electrons. The molecule has 0 heterocycles. The summed E-state index contributed by atoms with van der Waals surface area (Å²) >= 11 is 3.70. The molecule has 0 rings (SSSR count). The summed E-state index contributed by atoms with van der Waals surface area (Å²) in [6, 6.07) is 0. The number of Topliss-reactive ketones (excluding diaryl/α,β-unsaturated/α-hetero) is 1. The molecule has 4 heteroatoms. The Balaban J connectivity index is 3.28. The molecule has 0 aliphatic heterocycles. The van der Waals surface area contributed by atoms with Gasteiger partial charge < -0.3 is 0 Å². The second-order valence-corrected chi connectivity index (χ2v) is 3.49. The van der Waals surface area contributed by atoms with E-state index in [2.05, 4.69) is 0 Å². The van der Waals surface area contributed by atoms with Crippen LogP contribution in [0.5, 0.6) is 0 Å². The molecular weight excluding hydrogens is 346 g/mol. The SMILES string of the molecule is O=C(I)CCC(=O)CI. The van der Waals surface area contributed by atoms with Gasteiger partial charge >= 0.3 is 0 Å². The van der Waals surface area contributed by atoms with Gasteiger partial charge in [0.05, 0.1) is 4.43 Å². The standard InChI is InChI=1S/C5H6I2O2/c6-3-4(8)1-2-5(7)9/h1-3H2. The first-order chi connectivity index (χ1) is 4.16. The molecule has 0 N–H and O–H groups in total. The molecule has 0 amide bonds. The number of halogens is 2. The van der Waals surface area contributed by atoms with Crippen molar-refractivity contribution in [1.29, 1.82) is 0 Å². The summed E-state index contributed by atoms with van der Waals surface area (Å²) < 4.78 is 0.576. The average Bonchev–Trinajstić information content (AvgIpc) is 1.83. The van der Waals surface area contributed by atoms with E-state index < -0.39 is 0 Å². The molecule has 0 fully saturated rings. The smallest absolute Gasteiger partial charge is 0.192 e. The lowest BCUT2D eigenvalue weighted by Gasteiger charge is -1.89. The van der Waals surface area contributed by atoms with Crippen LogP contribution in [0.15, 0.2) is 0 Å². The number of hydrogen-bond acceptors (Lipinski definition) is 2. The summed E-state index contributed by atoms with van der Waals surface area (Å²) in [4.78, 5) is 20.8. The predicted octanol–water partition coefficient (Wildman–Crippen LogP) is 1.73. The van der Waals surface area contributed by atoms with E-state index in [-0.39, 0.29) is 9.57 Å². The van der Waals surface area contributed by atoms with E-state index in [4.69, 9.17) is 0 Å². The van der Waals surface area contributed by atoms with Gasteiger partial charge in [-0.2, -0.15) is 0 Å². The minimum absolute atomic E-state index is 0.0609. The molecule has 2 nitrogen and oxygen atoms in total. The van der Waals surface area contributed by atoms with Crippen molar-refractivity contribution in [2.75, 3.05) is 4.43 Å². The molecule has 0 aromatic heterocycles. The Morgan fingerprint density at radius 2 is 1.78 bits per heavy atom. The fourth-order valence-electron chi connectivity index (χ4n) is 0.305. The molecule has 0 aromatic carbocycles. The van der Waals surface area contributed by atoms with Crippen molar-refractivity contribution in [2.24, 2.45) is 0 Å². The van der Waals surface area contributed by atoms with Crippen LogP contribution in [0.3, 0.4) is 0 Å². The topological polar surface area (TPSA) is 34.1 Å². The first-order valence-corrected chi connectivity index (χ1v) is 5.03. The summed E-state index contributed by atoms with van der Waals surface area (Å²) in [5, 5.41) is 0. The molecule has 9 heavy (non-hydrogen) atoms. The van der Waals surface area contributed by atoms with E-state index in [1.165, 1.54) is 0 Å². The maximum absolute atomic E-state index is 10.6. The first-order valence-electron chi connectivity index (χ1n) is 2.43. The fraction of sp³-hybridized carbons (Fsp3) is 0.600. The number of alkyl halides is 1. The van der Waals surface area contributed by atoms with Crippen molar-refractivity contribution >= 4 is 54.8 Å². The Kier molecular flexibility index (Phi) is 6.07. The van der Waals surface area contributed by atoms with Crippen LogP contribution in [-0.2, 0) is 9.59 Å². The van der Waals surface area contributed by atoms with Crippen LogP contribution in [-0.4, -0.2) is 14.0 Å². The maximum Gasteiger partial charge on any atom is 0.192 e.